The lowest BCUT2D eigenvalue weighted by atomic mass is 9.83. The zero-order valence-corrected chi connectivity index (χ0v) is 46.1. The maximum atomic E-state index is 13.4. The Bertz CT molecular complexity index is 2530. The third-order valence-electron chi connectivity index (χ3n) is 15.3. The van der Waals surface area contributed by atoms with Crippen molar-refractivity contribution in [3.63, 3.8) is 0 Å². The normalized spacial score (nSPS) is 20.3. The second kappa shape index (κ2) is 31.2. The van der Waals surface area contributed by atoms with Crippen LogP contribution in [0.2, 0.25) is 0 Å². The molecular weight excluding hydrogens is 1030 g/mol. The van der Waals surface area contributed by atoms with Crippen LogP contribution < -0.4 is 10.6 Å². The molecule has 1 aromatic carbocycles. The van der Waals surface area contributed by atoms with Crippen LogP contribution in [0.5, 0.6) is 0 Å². The van der Waals surface area contributed by atoms with Crippen LogP contribution in [0.3, 0.4) is 0 Å². The lowest BCUT2D eigenvalue weighted by molar-refractivity contribution is -0.139. The monoisotopic (exact) mass is 1110 g/mol. The van der Waals surface area contributed by atoms with E-state index < -0.39 is 29.7 Å². The summed E-state index contributed by atoms with van der Waals surface area (Å²) < 4.78 is 28.1. The molecule has 1 atom stereocenters. The number of thioether (sulfide) groups is 1. The second-order valence-corrected chi connectivity index (χ2v) is 21.6. The van der Waals surface area contributed by atoms with Crippen molar-refractivity contribution < 1.29 is 57.2 Å². The van der Waals surface area contributed by atoms with Gasteiger partial charge in [0.1, 0.15) is 12.6 Å². The lowest BCUT2D eigenvalue weighted by Gasteiger charge is -2.42. The van der Waals surface area contributed by atoms with Crippen molar-refractivity contribution in [1.82, 2.24) is 40.2 Å². The first-order valence-corrected chi connectivity index (χ1v) is 29.1. The molecule has 1 aliphatic carbocycles. The average Bonchev–Trinajstić information content (AvgIpc) is 3.97. The van der Waals surface area contributed by atoms with Crippen LogP contribution >= 0.6 is 11.8 Å². The largest absolute Gasteiger partial charge is 0.378 e. The molecule has 1 saturated carbocycles. The fourth-order valence-corrected chi connectivity index (χ4v) is 11.8. The molecule has 3 saturated heterocycles. The molecular formula is C58H76N8O12S. The number of carbonyl (C=O) groups is 7. The molecule has 79 heavy (non-hydrogen) atoms. The molecule has 2 N–H and O–H groups in total. The minimum Gasteiger partial charge on any atom is -0.378 e. The number of hydrogen-bond acceptors (Lipinski definition) is 16. The van der Waals surface area contributed by atoms with E-state index in [1.807, 2.05) is 28.0 Å². The van der Waals surface area contributed by atoms with Gasteiger partial charge in [-0.25, -0.2) is 0 Å². The number of likely N-dealkylation sites (tertiary alicyclic amines) is 1. The van der Waals surface area contributed by atoms with Gasteiger partial charge in [-0.2, -0.15) is 0 Å². The van der Waals surface area contributed by atoms with Gasteiger partial charge in [0.2, 0.25) is 23.6 Å². The predicted octanol–water partition coefficient (Wildman–Crippen LogP) is 4.78. The predicted molar refractivity (Wildman–Crippen MR) is 294 cm³/mol. The number of ether oxygens (including phenoxy) is 5. The van der Waals surface area contributed by atoms with Crippen LogP contribution in [-0.4, -0.2) is 201 Å². The number of nitrogens with one attached hydrogen (secondary N) is 2. The smallest absolute Gasteiger partial charge is 0.263 e. The van der Waals surface area contributed by atoms with Crippen LogP contribution in [0, 0.1) is 5.92 Å². The molecule has 20 nitrogen and oxygen atoms in total. The van der Waals surface area contributed by atoms with Crippen molar-refractivity contribution in [1.29, 1.82) is 0 Å². The van der Waals surface area contributed by atoms with Gasteiger partial charge in [0, 0.05) is 105 Å². The number of imide groups is 2. The van der Waals surface area contributed by atoms with Gasteiger partial charge in [-0.3, -0.25) is 58.6 Å². The van der Waals surface area contributed by atoms with Crippen molar-refractivity contribution >= 4 is 59.2 Å². The number of carbonyl (C=O) groups excluding carboxylic acids is 7. The Morgan fingerprint density at radius 1 is 0.709 bits per heavy atom. The van der Waals surface area contributed by atoms with Gasteiger partial charge >= 0.3 is 0 Å². The SMILES string of the molecule is O=C(/C=C/c1cccnc1)NCCCCC1CCN(C(=O)c2ccc(C3CCC(N4CCN(C(=O)COCCOCCOCCOCCOCCSc5cccc6c5C(=O)N(C5CCC(=O)NC5=O)C6=O)CC4)CC3)nc2)CC1. The highest BCUT2D eigenvalue weighted by molar-refractivity contribution is 7.99. The van der Waals surface area contributed by atoms with E-state index in [2.05, 4.69) is 26.6 Å². The summed E-state index contributed by atoms with van der Waals surface area (Å²) in [6, 6.07) is 12.3. The first kappa shape index (κ1) is 59.2. The number of fused-ring (bicyclic) bond motifs is 1. The number of hydrogen-bond donors (Lipinski definition) is 2. The fraction of sp³-hybridized carbons (Fsp3) is 0.569. The van der Waals surface area contributed by atoms with Gasteiger partial charge in [0.15, 0.2) is 0 Å². The average molecular weight is 1110 g/mol. The topological polar surface area (TPSA) is 228 Å². The summed E-state index contributed by atoms with van der Waals surface area (Å²) in [7, 11) is 0. The summed E-state index contributed by atoms with van der Waals surface area (Å²) in [6.07, 6.45) is 18.1. The first-order chi connectivity index (χ1) is 38.6. The van der Waals surface area contributed by atoms with E-state index in [0.717, 1.165) is 100 Å². The van der Waals surface area contributed by atoms with Crippen LogP contribution in [0.1, 0.15) is 119 Å². The minimum atomic E-state index is -1.00. The molecule has 5 aliphatic rings. The molecule has 6 heterocycles. The molecule has 0 bridgehead atoms. The van der Waals surface area contributed by atoms with Crippen molar-refractivity contribution in [2.24, 2.45) is 5.92 Å². The number of nitrogens with zero attached hydrogens (tertiary/aromatic N) is 6. The molecule has 0 spiro atoms. The second-order valence-electron chi connectivity index (χ2n) is 20.5. The Morgan fingerprint density at radius 2 is 1.42 bits per heavy atom. The summed E-state index contributed by atoms with van der Waals surface area (Å²) in [6.45, 7) is 8.74. The summed E-state index contributed by atoms with van der Waals surface area (Å²) in [5.74, 6) is -0.621. The molecule has 4 aliphatic heterocycles. The van der Waals surface area contributed by atoms with Gasteiger partial charge < -0.3 is 38.8 Å². The van der Waals surface area contributed by atoms with Gasteiger partial charge in [0.25, 0.3) is 17.7 Å². The maximum Gasteiger partial charge on any atom is 0.263 e. The van der Waals surface area contributed by atoms with Crippen LogP contribution in [0.4, 0.5) is 0 Å². The number of pyridine rings is 2. The van der Waals surface area contributed by atoms with Gasteiger partial charge in [-0.05, 0) is 99.3 Å². The van der Waals surface area contributed by atoms with Gasteiger partial charge in [-0.1, -0.05) is 25.0 Å². The Balaban J connectivity index is 0.581. The molecule has 2 aromatic heterocycles. The van der Waals surface area contributed by atoms with Crippen molar-refractivity contribution in [3.8, 4) is 0 Å². The molecule has 7 amide bonds. The Hall–Kier alpha value is -5.94. The number of aromatic nitrogens is 2. The maximum absolute atomic E-state index is 13.4. The zero-order valence-electron chi connectivity index (χ0n) is 45.2. The third-order valence-corrected chi connectivity index (χ3v) is 16.3. The van der Waals surface area contributed by atoms with E-state index in [0.29, 0.717) is 113 Å². The quantitative estimate of drug-likeness (QED) is 0.0413. The van der Waals surface area contributed by atoms with E-state index in [-0.39, 0.29) is 48.3 Å². The standard InChI is InChI=1S/C58H76N8O12S/c67-51(17-9-43-6-4-21-59-39-43)60-22-2-1-5-42-19-23-65(24-20-42)56(71)45-12-15-48(61-40-45)44-10-13-46(14-11-44)63-25-27-64(28-26-63)53(69)41-78-36-35-76-32-31-74-29-30-75-33-34-77-37-38-79-50-8-3-7-47-54(50)58(73)66(57(47)72)49-16-18-52(68)62-55(49)70/h3-4,6-9,12,15,17,21,39-40,42,44,46,49H,1-2,5,10-11,13-14,16,18-20,22-38,41H2,(H,60,67)(H,62,68,70)/b17-9+. The van der Waals surface area contributed by atoms with E-state index in [1.165, 1.54) is 11.8 Å². The third kappa shape index (κ3) is 17.5. The van der Waals surface area contributed by atoms with Crippen molar-refractivity contribution in [2.75, 3.05) is 118 Å². The molecule has 3 aromatic rings. The first-order valence-electron chi connectivity index (χ1n) is 28.1. The molecule has 4 fully saturated rings. The van der Waals surface area contributed by atoms with Crippen molar-refractivity contribution in [3.05, 3.63) is 95.1 Å². The number of piperidine rings is 2. The van der Waals surface area contributed by atoms with Gasteiger partial charge in [-0.15, -0.1) is 11.8 Å². The van der Waals surface area contributed by atoms with Crippen LogP contribution in [0.25, 0.3) is 6.08 Å². The summed E-state index contributed by atoms with van der Waals surface area (Å²) in [5, 5.41) is 5.17. The highest BCUT2D eigenvalue weighted by atomic mass is 32.2. The summed E-state index contributed by atoms with van der Waals surface area (Å²) in [4.78, 5) is 106. The Morgan fingerprint density at radius 3 is 2.09 bits per heavy atom. The highest BCUT2D eigenvalue weighted by Crippen LogP contribution is 2.36. The lowest BCUT2D eigenvalue weighted by Crippen LogP contribution is -2.54. The van der Waals surface area contributed by atoms with Gasteiger partial charge in [0.05, 0.1) is 76.2 Å². The summed E-state index contributed by atoms with van der Waals surface area (Å²) in [5.41, 5.74) is 3.15. The number of piperazine rings is 1. The van der Waals surface area contributed by atoms with Crippen LogP contribution in [-0.2, 0) is 42.9 Å². The molecule has 8 rings (SSSR count). The number of amides is 7. The van der Waals surface area contributed by atoms with Crippen molar-refractivity contribution in [2.45, 2.75) is 93.5 Å². The number of unbranched alkanes of at least 4 members (excludes halogenated alkanes) is 1. The molecule has 21 heteroatoms. The number of rotatable bonds is 29. The Kier molecular flexibility index (Phi) is 23.3. The highest BCUT2D eigenvalue weighted by Gasteiger charge is 2.45. The van der Waals surface area contributed by atoms with Crippen LogP contribution in [0.15, 0.2) is 72.0 Å². The molecule has 0 radical (unpaired) electrons. The Labute approximate surface area is 467 Å². The molecule has 1 unspecified atom stereocenters. The van der Waals surface area contributed by atoms with E-state index in [9.17, 15) is 33.6 Å². The van der Waals surface area contributed by atoms with E-state index in [1.54, 1.807) is 48.9 Å². The fourth-order valence-electron chi connectivity index (χ4n) is 10.9. The van der Waals surface area contributed by atoms with E-state index in [4.69, 9.17) is 28.7 Å². The summed E-state index contributed by atoms with van der Waals surface area (Å²) >= 11 is 1.39. The molecule has 426 valence electrons. The minimum absolute atomic E-state index is 0.000777. The number of benzene rings is 1. The van der Waals surface area contributed by atoms with E-state index >= 15 is 0 Å². The zero-order chi connectivity index (χ0) is 55.2.